The van der Waals surface area contributed by atoms with Crippen LogP contribution >= 0.6 is 11.6 Å². The van der Waals surface area contributed by atoms with E-state index in [2.05, 4.69) is 26.8 Å². The lowest BCUT2D eigenvalue weighted by atomic mass is 9.83. The molecule has 1 aromatic rings. The number of ether oxygens (including phenoxy) is 2. The number of methoxy groups -OCH3 is 1. The van der Waals surface area contributed by atoms with Crippen molar-refractivity contribution in [1.29, 1.82) is 5.41 Å². The zero-order valence-electron chi connectivity index (χ0n) is 14.3. The van der Waals surface area contributed by atoms with Crippen molar-refractivity contribution < 1.29 is 9.47 Å². The molecule has 124 valence electrons. The average Bonchev–Trinajstić information content (AvgIpc) is 2.47. The molecule has 1 rings (SSSR count). The van der Waals surface area contributed by atoms with Crippen LogP contribution in [0.2, 0.25) is 0 Å². The Bertz CT molecular complexity index is 494. The second-order valence-corrected chi connectivity index (χ2v) is 6.77. The van der Waals surface area contributed by atoms with E-state index in [1.807, 2.05) is 19.1 Å². The highest BCUT2D eigenvalue weighted by atomic mass is 35.5. The molecule has 0 fully saturated rings. The highest BCUT2D eigenvalue weighted by Gasteiger charge is 2.24. The summed E-state index contributed by atoms with van der Waals surface area (Å²) in [5, 5.41) is 8.19. The molecule has 0 heterocycles. The maximum absolute atomic E-state index is 8.19. The van der Waals surface area contributed by atoms with Gasteiger partial charge in [0.15, 0.2) is 5.90 Å². The predicted molar refractivity (Wildman–Crippen MR) is 93.7 cm³/mol. The summed E-state index contributed by atoms with van der Waals surface area (Å²) in [7, 11) is 1.69. The van der Waals surface area contributed by atoms with Gasteiger partial charge in [0.2, 0.25) is 0 Å². The van der Waals surface area contributed by atoms with E-state index in [9.17, 15) is 0 Å². The topological polar surface area (TPSA) is 42.3 Å². The Balaban J connectivity index is 3.21. The summed E-state index contributed by atoms with van der Waals surface area (Å²) in [6.07, 6.45) is 1.68. The van der Waals surface area contributed by atoms with Gasteiger partial charge in [0, 0.05) is 5.88 Å². The predicted octanol–water partition coefficient (Wildman–Crippen LogP) is 5.11. The van der Waals surface area contributed by atoms with E-state index in [-0.39, 0.29) is 11.3 Å². The van der Waals surface area contributed by atoms with Gasteiger partial charge in [-0.25, -0.2) is 0 Å². The Labute approximate surface area is 139 Å². The third-order valence-corrected chi connectivity index (χ3v) is 3.94. The van der Waals surface area contributed by atoms with Gasteiger partial charge in [-0.3, -0.25) is 5.41 Å². The number of rotatable bonds is 7. The van der Waals surface area contributed by atoms with Crippen molar-refractivity contribution in [3.63, 3.8) is 0 Å². The van der Waals surface area contributed by atoms with Gasteiger partial charge in [-0.2, -0.15) is 0 Å². The Morgan fingerprint density at radius 1 is 1.32 bits per heavy atom. The fraction of sp³-hybridized carbons (Fsp3) is 0.611. The zero-order chi connectivity index (χ0) is 16.8. The summed E-state index contributed by atoms with van der Waals surface area (Å²) in [5.41, 5.74) is 2.22. The van der Waals surface area contributed by atoms with Crippen LogP contribution in [0.4, 0.5) is 0 Å². The molecule has 0 aromatic heterocycles. The smallest absolute Gasteiger partial charge is 0.188 e. The van der Waals surface area contributed by atoms with E-state index in [1.54, 1.807) is 7.11 Å². The van der Waals surface area contributed by atoms with Crippen LogP contribution in [0.1, 0.15) is 57.6 Å². The molecule has 3 nitrogen and oxygen atoms in total. The maximum atomic E-state index is 8.19. The van der Waals surface area contributed by atoms with Gasteiger partial charge >= 0.3 is 0 Å². The quantitative estimate of drug-likeness (QED) is 0.430. The van der Waals surface area contributed by atoms with Gasteiger partial charge in [-0.1, -0.05) is 32.9 Å². The minimum atomic E-state index is -0.0503. The van der Waals surface area contributed by atoms with Crippen LogP contribution in [0.15, 0.2) is 18.2 Å². The molecule has 22 heavy (non-hydrogen) atoms. The minimum Gasteiger partial charge on any atom is -0.496 e. The molecule has 0 aliphatic heterocycles. The van der Waals surface area contributed by atoms with E-state index in [0.717, 1.165) is 29.7 Å². The molecule has 4 heteroatoms. The summed E-state index contributed by atoms with van der Waals surface area (Å²) in [4.78, 5) is 0. The number of halogens is 1. The van der Waals surface area contributed by atoms with Gasteiger partial charge in [0.05, 0.1) is 19.6 Å². The van der Waals surface area contributed by atoms with Crippen LogP contribution in [0.5, 0.6) is 5.75 Å². The van der Waals surface area contributed by atoms with Crippen molar-refractivity contribution in [2.45, 2.75) is 51.9 Å². The van der Waals surface area contributed by atoms with Gasteiger partial charge in [0.1, 0.15) is 5.75 Å². The van der Waals surface area contributed by atoms with E-state index in [0.29, 0.717) is 18.4 Å². The van der Waals surface area contributed by atoms with Crippen molar-refractivity contribution in [2.24, 2.45) is 0 Å². The summed E-state index contributed by atoms with van der Waals surface area (Å²) in [5.74, 6) is 1.75. The molecule has 0 bridgehead atoms. The van der Waals surface area contributed by atoms with E-state index in [1.165, 1.54) is 0 Å². The van der Waals surface area contributed by atoms with Gasteiger partial charge < -0.3 is 9.47 Å². The van der Waals surface area contributed by atoms with Crippen LogP contribution in [-0.4, -0.2) is 25.5 Å². The second kappa shape index (κ2) is 8.42. The number of nitrogens with one attached hydrogen (secondary N) is 1. The van der Waals surface area contributed by atoms with Gasteiger partial charge in [-0.15, -0.1) is 11.6 Å². The monoisotopic (exact) mass is 325 g/mol. The Hall–Kier alpha value is -1.22. The van der Waals surface area contributed by atoms with Crippen molar-refractivity contribution in [3.05, 3.63) is 29.3 Å². The van der Waals surface area contributed by atoms with Gasteiger partial charge in [0.25, 0.3) is 0 Å². The highest BCUT2D eigenvalue weighted by molar-refractivity contribution is 6.17. The molecule has 0 spiro atoms. The summed E-state index contributed by atoms with van der Waals surface area (Å²) in [6, 6.07) is 6.16. The molecule has 0 saturated carbocycles. The van der Waals surface area contributed by atoms with E-state index >= 15 is 0 Å². The van der Waals surface area contributed by atoms with Crippen LogP contribution in [0.25, 0.3) is 0 Å². The lowest BCUT2D eigenvalue weighted by molar-refractivity contribution is 0.305. The zero-order valence-corrected chi connectivity index (χ0v) is 15.1. The first-order valence-electron chi connectivity index (χ1n) is 7.80. The molecular formula is C18H28ClNO2. The van der Waals surface area contributed by atoms with Gasteiger partial charge in [-0.05, 0) is 42.4 Å². The third kappa shape index (κ3) is 4.91. The summed E-state index contributed by atoms with van der Waals surface area (Å²) >= 11 is 5.84. The largest absolute Gasteiger partial charge is 0.496 e. The molecule has 0 amide bonds. The fourth-order valence-electron chi connectivity index (χ4n) is 2.51. The lowest BCUT2D eigenvalue weighted by Gasteiger charge is -2.25. The average molecular weight is 326 g/mol. The first-order valence-corrected chi connectivity index (χ1v) is 8.34. The van der Waals surface area contributed by atoms with Crippen molar-refractivity contribution in [1.82, 2.24) is 0 Å². The Kier molecular flexibility index (Phi) is 7.21. The molecule has 0 aliphatic rings. The maximum Gasteiger partial charge on any atom is 0.188 e. The number of hydrogen-bond donors (Lipinski definition) is 1. The standard InChI is InChI=1S/C18H28ClNO2/c1-6-22-17(20)14(8-7-11-19)13-9-10-16(21-5)15(12-13)18(2,3)4/h9-10,12,14,20H,6-8,11H2,1-5H3. The first kappa shape index (κ1) is 18.8. The molecule has 0 aliphatic carbocycles. The molecule has 1 N–H and O–H groups in total. The molecular weight excluding hydrogens is 298 g/mol. The molecule has 1 atom stereocenters. The minimum absolute atomic E-state index is 0.0216. The Morgan fingerprint density at radius 3 is 2.50 bits per heavy atom. The number of hydrogen-bond acceptors (Lipinski definition) is 3. The first-order chi connectivity index (χ1) is 10.3. The highest BCUT2D eigenvalue weighted by Crippen LogP contribution is 2.35. The number of alkyl halides is 1. The van der Waals surface area contributed by atoms with Crippen LogP contribution in [-0.2, 0) is 10.2 Å². The van der Waals surface area contributed by atoms with Crippen LogP contribution in [0, 0.1) is 5.41 Å². The van der Waals surface area contributed by atoms with E-state index < -0.39 is 0 Å². The van der Waals surface area contributed by atoms with Crippen molar-refractivity contribution in [3.8, 4) is 5.75 Å². The van der Waals surface area contributed by atoms with Crippen LogP contribution in [0.3, 0.4) is 0 Å². The van der Waals surface area contributed by atoms with Crippen molar-refractivity contribution >= 4 is 17.5 Å². The van der Waals surface area contributed by atoms with E-state index in [4.69, 9.17) is 26.5 Å². The second-order valence-electron chi connectivity index (χ2n) is 6.39. The summed E-state index contributed by atoms with van der Waals surface area (Å²) < 4.78 is 10.9. The SMILES string of the molecule is CCOC(=N)C(CCCCl)c1ccc(OC)c(C(C)(C)C)c1. The van der Waals surface area contributed by atoms with Crippen LogP contribution < -0.4 is 4.74 Å². The third-order valence-electron chi connectivity index (χ3n) is 3.68. The summed E-state index contributed by atoms with van der Waals surface area (Å²) in [6.45, 7) is 8.91. The Morgan fingerprint density at radius 2 is 2.00 bits per heavy atom. The lowest BCUT2D eigenvalue weighted by Crippen LogP contribution is -2.18. The molecule has 0 radical (unpaired) electrons. The molecule has 1 aromatic carbocycles. The normalized spacial score (nSPS) is 12.8. The fourth-order valence-corrected chi connectivity index (χ4v) is 2.67. The number of benzene rings is 1. The molecule has 1 unspecified atom stereocenters. The molecule has 0 saturated heterocycles. The van der Waals surface area contributed by atoms with Crippen molar-refractivity contribution in [2.75, 3.05) is 19.6 Å².